The van der Waals surface area contributed by atoms with Crippen LogP contribution in [0.1, 0.15) is 19.3 Å². The molecule has 0 fully saturated rings. The van der Waals surface area contributed by atoms with E-state index in [1.807, 2.05) is 0 Å². The van der Waals surface area contributed by atoms with E-state index in [0.29, 0.717) is 0 Å². The molecule has 0 saturated heterocycles. The second kappa shape index (κ2) is 5.24. The van der Waals surface area contributed by atoms with Crippen molar-refractivity contribution in [3.63, 3.8) is 0 Å². The predicted molar refractivity (Wildman–Crippen MR) is 50.0 cm³/mol. The third-order valence-corrected chi connectivity index (χ3v) is 1.69. The summed E-state index contributed by atoms with van der Waals surface area (Å²) in [4.78, 5) is 0. The van der Waals surface area contributed by atoms with Gasteiger partial charge in [-0.2, -0.15) is 0 Å². The van der Waals surface area contributed by atoms with Gasteiger partial charge >= 0.3 is 0 Å². The number of halogens is 2. The first-order valence-corrected chi connectivity index (χ1v) is 4.38. The van der Waals surface area contributed by atoms with Crippen LogP contribution in [0.4, 0.5) is 0 Å². The molecule has 0 aromatic carbocycles. The van der Waals surface area contributed by atoms with Crippen LogP contribution in [0.2, 0.25) is 0 Å². The Hall–Kier alpha value is 0.440. The SMILES string of the molecule is C=C(Br)CCCC(=C)Br. The highest BCUT2D eigenvalue weighted by Crippen LogP contribution is 2.16. The average Bonchev–Trinajstić information content (AvgIpc) is 1.63. The summed E-state index contributed by atoms with van der Waals surface area (Å²) in [5.41, 5.74) is 0. The molecule has 0 amide bonds. The lowest BCUT2D eigenvalue weighted by atomic mass is 10.2. The minimum Gasteiger partial charge on any atom is -0.0889 e. The number of hydrogen-bond donors (Lipinski definition) is 0. The Balaban J connectivity index is 3.10. The zero-order chi connectivity index (χ0) is 7.28. The van der Waals surface area contributed by atoms with Crippen molar-refractivity contribution >= 4 is 31.9 Å². The molecule has 0 aliphatic heterocycles. The van der Waals surface area contributed by atoms with Gasteiger partial charge in [0.15, 0.2) is 0 Å². The van der Waals surface area contributed by atoms with Crippen LogP contribution in [0.3, 0.4) is 0 Å². The van der Waals surface area contributed by atoms with Gasteiger partial charge in [-0.05, 0) is 28.2 Å². The van der Waals surface area contributed by atoms with Gasteiger partial charge in [-0.1, -0.05) is 45.0 Å². The lowest BCUT2D eigenvalue weighted by molar-refractivity contribution is 0.860. The van der Waals surface area contributed by atoms with E-state index < -0.39 is 0 Å². The van der Waals surface area contributed by atoms with Crippen LogP contribution in [0.5, 0.6) is 0 Å². The number of hydrogen-bond acceptors (Lipinski definition) is 0. The molecule has 0 aliphatic rings. The van der Waals surface area contributed by atoms with Crippen molar-refractivity contribution in [1.29, 1.82) is 0 Å². The fraction of sp³-hybridized carbons (Fsp3) is 0.429. The van der Waals surface area contributed by atoms with Crippen LogP contribution in [0.25, 0.3) is 0 Å². The summed E-state index contributed by atoms with van der Waals surface area (Å²) >= 11 is 6.57. The van der Waals surface area contributed by atoms with E-state index in [-0.39, 0.29) is 0 Å². The molecule has 0 rings (SSSR count). The van der Waals surface area contributed by atoms with Crippen LogP contribution >= 0.6 is 31.9 Å². The first-order valence-electron chi connectivity index (χ1n) is 2.79. The second-order valence-electron chi connectivity index (χ2n) is 1.89. The average molecular weight is 254 g/mol. The zero-order valence-corrected chi connectivity index (χ0v) is 8.46. The smallest absolute Gasteiger partial charge is 0.0121 e. The molecule has 0 radical (unpaired) electrons. The molecule has 0 nitrogen and oxygen atoms in total. The molecule has 0 N–H and O–H groups in total. The number of allylic oxidation sites excluding steroid dienone is 2. The topological polar surface area (TPSA) is 0 Å². The maximum atomic E-state index is 3.72. The summed E-state index contributed by atoms with van der Waals surface area (Å²) in [6.45, 7) is 7.45. The van der Waals surface area contributed by atoms with Crippen LogP contribution in [-0.2, 0) is 0 Å². The molecule has 0 saturated carbocycles. The van der Waals surface area contributed by atoms with Gasteiger partial charge in [0.05, 0.1) is 0 Å². The van der Waals surface area contributed by atoms with E-state index in [1.54, 1.807) is 0 Å². The molecular formula is C7H10Br2. The van der Waals surface area contributed by atoms with Crippen molar-refractivity contribution in [3.8, 4) is 0 Å². The maximum absolute atomic E-state index is 3.72. The van der Waals surface area contributed by atoms with Gasteiger partial charge in [-0.3, -0.25) is 0 Å². The molecule has 52 valence electrons. The van der Waals surface area contributed by atoms with E-state index in [4.69, 9.17) is 0 Å². The molecule has 0 atom stereocenters. The van der Waals surface area contributed by atoms with Crippen molar-refractivity contribution in [2.75, 3.05) is 0 Å². The van der Waals surface area contributed by atoms with Gasteiger partial charge in [0.25, 0.3) is 0 Å². The summed E-state index contributed by atoms with van der Waals surface area (Å²) in [5, 5.41) is 0. The Labute approximate surface area is 73.3 Å². The molecule has 0 aliphatic carbocycles. The maximum Gasteiger partial charge on any atom is -0.0121 e. The first kappa shape index (κ1) is 9.44. The van der Waals surface area contributed by atoms with Crippen LogP contribution in [0.15, 0.2) is 22.1 Å². The summed E-state index contributed by atoms with van der Waals surface area (Å²) in [6.07, 6.45) is 3.18. The number of rotatable bonds is 4. The summed E-state index contributed by atoms with van der Waals surface area (Å²) in [6, 6.07) is 0. The van der Waals surface area contributed by atoms with E-state index >= 15 is 0 Å². The molecule has 0 spiro atoms. The summed E-state index contributed by atoms with van der Waals surface area (Å²) in [5.74, 6) is 0. The van der Waals surface area contributed by atoms with Crippen molar-refractivity contribution in [1.82, 2.24) is 0 Å². The highest BCUT2D eigenvalue weighted by atomic mass is 79.9. The molecule has 9 heavy (non-hydrogen) atoms. The van der Waals surface area contributed by atoms with Crippen LogP contribution in [-0.4, -0.2) is 0 Å². The second-order valence-corrected chi connectivity index (χ2v) is 4.13. The fourth-order valence-electron chi connectivity index (χ4n) is 0.472. The minimum atomic E-state index is 1.03. The van der Waals surface area contributed by atoms with Gasteiger partial charge in [0.2, 0.25) is 0 Å². The van der Waals surface area contributed by atoms with Crippen molar-refractivity contribution in [2.24, 2.45) is 0 Å². The van der Waals surface area contributed by atoms with E-state index in [2.05, 4.69) is 45.0 Å². The molecule has 0 heterocycles. The van der Waals surface area contributed by atoms with Gasteiger partial charge in [-0.15, -0.1) is 0 Å². The van der Waals surface area contributed by atoms with E-state index in [9.17, 15) is 0 Å². The van der Waals surface area contributed by atoms with Crippen LogP contribution in [0, 0.1) is 0 Å². The normalized spacial score (nSPS) is 9.11. The van der Waals surface area contributed by atoms with Gasteiger partial charge < -0.3 is 0 Å². The van der Waals surface area contributed by atoms with E-state index in [1.165, 1.54) is 0 Å². The lowest BCUT2D eigenvalue weighted by Crippen LogP contribution is -1.73. The largest absolute Gasteiger partial charge is 0.0889 e. The zero-order valence-electron chi connectivity index (χ0n) is 5.29. The van der Waals surface area contributed by atoms with Gasteiger partial charge in [0, 0.05) is 0 Å². The summed E-state index contributed by atoms with van der Waals surface area (Å²) in [7, 11) is 0. The highest BCUT2D eigenvalue weighted by Gasteiger charge is 1.90. The fourth-order valence-corrected chi connectivity index (χ4v) is 1.03. The quantitative estimate of drug-likeness (QED) is 0.711. The highest BCUT2D eigenvalue weighted by molar-refractivity contribution is 9.12. The Kier molecular flexibility index (Phi) is 5.50. The van der Waals surface area contributed by atoms with Crippen molar-refractivity contribution < 1.29 is 0 Å². The molecule has 0 bridgehead atoms. The lowest BCUT2D eigenvalue weighted by Gasteiger charge is -1.95. The summed E-state index contributed by atoms with van der Waals surface area (Å²) < 4.78 is 2.13. The van der Waals surface area contributed by atoms with Gasteiger partial charge in [0.1, 0.15) is 0 Å². The molecule has 0 aromatic rings. The monoisotopic (exact) mass is 252 g/mol. The minimum absolute atomic E-state index is 1.03. The molecule has 0 aromatic heterocycles. The van der Waals surface area contributed by atoms with Gasteiger partial charge in [-0.25, -0.2) is 0 Å². The third kappa shape index (κ3) is 8.44. The van der Waals surface area contributed by atoms with Crippen molar-refractivity contribution in [2.45, 2.75) is 19.3 Å². The van der Waals surface area contributed by atoms with Crippen molar-refractivity contribution in [3.05, 3.63) is 22.1 Å². The Morgan fingerprint density at radius 2 is 1.33 bits per heavy atom. The molecular weight excluding hydrogens is 244 g/mol. The standard InChI is InChI=1S/C7H10Br2/c1-6(8)4-3-5-7(2)9/h1-5H2. The third-order valence-electron chi connectivity index (χ3n) is 0.896. The van der Waals surface area contributed by atoms with Crippen LogP contribution < -0.4 is 0 Å². The predicted octanol–water partition coefficient (Wildman–Crippen LogP) is 3.97. The molecule has 2 heteroatoms. The Morgan fingerprint density at radius 1 is 1.00 bits per heavy atom. The molecule has 0 unspecified atom stereocenters. The Bertz CT molecular complexity index is 102. The first-order chi connectivity index (χ1) is 4.13. The Morgan fingerprint density at radius 3 is 1.56 bits per heavy atom. The van der Waals surface area contributed by atoms with E-state index in [0.717, 1.165) is 28.2 Å².